The van der Waals surface area contributed by atoms with Gasteiger partial charge in [0.1, 0.15) is 17.4 Å². The summed E-state index contributed by atoms with van der Waals surface area (Å²) in [5, 5.41) is 3.00. The number of rotatable bonds is 5. The summed E-state index contributed by atoms with van der Waals surface area (Å²) < 4.78 is 17.8. The lowest BCUT2D eigenvalue weighted by atomic mass is 10.2. The fourth-order valence-electron chi connectivity index (χ4n) is 1.49. The molecule has 0 saturated carbocycles. The summed E-state index contributed by atoms with van der Waals surface area (Å²) in [5.74, 6) is 0.685. The molecule has 0 fully saturated rings. The quantitative estimate of drug-likeness (QED) is 0.912. The minimum absolute atomic E-state index is 0.160. The van der Waals surface area contributed by atoms with E-state index in [9.17, 15) is 4.39 Å². The van der Waals surface area contributed by atoms with E-state index >= 15 is 0 Å². The second-order valence-electron chi connectivity index (χ2n) is 4.08. The van der Waals surface area contributed by atoms with Gasteiger partial charge in [-0.25, -0.2) is 9.37 Å². The third kappa shape index (κ3) is 3.62. The lowest BCUT2D eigenvalue weighted by Gasteiger charge is -2.07. The molecule has 1 aromatic heterocycles. The molecule has 0 saturated heterocycles. The summed E-state index contributed by atoms with van der Waals surface area (Å²) in [5.41, 5.74) is 7.85. The van der Waals surface area contributed by atoms with E-state index in [1.54, 1.807) is 11.3 Å². The third-order valence-corrected chi connectivity index (χ3v) is 3.57. The van der Waals surface area contributed by atoms with E-state index in [1.165, 1.54) is 0 Å². The summed E-state index contributed by atoms with van der Waals surface area (Å²) in [6.07, 6.45) is 0.493. The van der Waals surface area contributed by atoms with E-state index in [0.29, 0.717) is 17.7 Å². The van der Waals surface area contributed by atoms with Crippen molar-refractivity contribution in [1.29, 1.82) is 0 Å². The Balaban J connectivity index is 2.02. The fraction of sp³-hybridized carbons (Fsp3) is 0.214. The largest absolute Gasteiger partial charge is 0.489 e. The van der Waals surface area contributed by atoms with Crippen LogP contribution in [0.2, 0.25) is 0 Å². The summed E-state index contributed by atoms with van der Waals surface area (Å²) in [7, 11) is 0. The monoisotopic (exact) mass is 278 g/mol. The van der Waals surface area contributed by atoms with Crippen molar-refractivity contribution >= 4 is 11.3 Å². The van der Waals surface area contributed by atoms with Crippen LogP contribution >= 0.6 is 11.3 Å². The van der Waals surface area contributed by atoms with Gasteiger partial charge >= 0.3 is 0 Å². The average molecular weight is 278 g/mol. The molecule has 2 rings (SSSR count). The van der Waals surface area contributed by atoms with Crippen LogP contribution in [0.1, 0.15) is 5.69 Å². The van der Waals surface area contributed by atoms with Gasteiger partial charge in [0.15, 0.2) is 0 Å². The second-order valence-corrected chi connectivity index (χ2v) is 4.94. The first-order valence-electron chi connectivity index (χ1n) is 5.86. The standard InChI is InChI=1S/C14H15FN2OS/c1-10-9-19-14(17-10)12-2-4-13(5-3-12)18-8-11(6-15)7-16/h2-6,9H,7-8,16H2,1H3/b11-6+. The molecular formula is C14H15FN2OS. The molecule has 2 N–H and O–H groups in total. The Morgan fingerprint density at radius 2 is 2.16 bits per heavy atom. The zero-order valence-electron chi connectivity index (χ0n) is 10.6. The highest BCUT2D eigenvalue weighted by Crippen LogP contribution is 2.25. The predicted molar refractivity (Wildman–Crippen MR) is 76.0 cm³/mol. The number of thiazole rings is 1. The van der Waals surface area contributed by atoms with Crippen LogP contribution in [-0.4, -0.2) is 18.1 Å². The zero-order valence-corrected chi connectivity index (χ0v) is 11.4. The van der Waals surface area contributed by atoms with Crippen LogP contribution in [0, 0.1) is 6.92 Å². The maximum absolute atomic E-state index is 12.3. The van der Waals surface area contributed by atoms with Crippen LogP contribution < -0.4 is 10.5 Å². The Hall–Kier alpha value is -1.72. The van der Waals surface area contributed by atoms with Crippen LogP contribution in [-0.2, 0) is 0 Å². The first-order chi connectivity index (χ1) is 9.22. The molecule has 100 valence electrons. The number of benzene rings is 1. The van der Waals surface area contributed by atoms with Gasteiger partial charge < -0.3 is 10.5 Å². The highest BCUT2D eigenvalue weighted by molar-refractivity contribution is 7.13. The maximum atomic E-state index is 12.3. The lowest BCUT2D eigenvalue weighted by molar-refractivity contribution is 0.347. The van der Waals surface area contributed by atoms with Gasteiger partial charge in [0, 0.05) is 28.8 Å². The zero-order chi connectivity index (χ0) is 13.7. The van der Waals surface area contributed by atoms with Crippen LogP contribution in [0.5, 0.6) is 5.75 Å². The number of hydrogen-bond donors (Lipinski definition) is 1. The lowest BCUT2D eigenvalue weighted by Crippen LogP contribution is -2.10. The Bertz CT molecular complexity index is 563. The minimum atomic E-state index is 0.160. The van der Waals surface area contributed by atoms with Crippen molar-refractivity contribution in [1.82, 2.24) is 4.98 Å². The predicted octanol–water partition coefficient (Wildman–Crippen LogP) is 3.31. The molecule has 0 aliphatic carbocycles. The van der Waals surface area contributed by atoms with Gasteiger partial charge in [-0.05, 0) is 31.2 Å². The van der Waals surface area contributed by atoms with Crippen LogP contribution in [0.3, 0.4) is 0 Å². The number of nitrogens with zero attached hydrogens (tertiary/aromatic N) is 1. The second kappa shape index (κ2) is 6.45. The molecule has 0 aliphatic heterocycles. The average Bonchev–Trinajstić information content (AvgIpc) is 2.87. The number of aromatic nitrogens is 1. The van der Waals surface area contributed by atoms with Gasteiger partial charge in [-0.15, -0.1) is 11.3 Å². The van der Waals surface area contributed by atoms with Gasteiger partial charge in [-0.1, -0.05) is 0 Å². The van der Waals surface area contributed by atoms with Crippen molar-refractivity contribution < 1.29 is 9.13 Å². The van der Waals surface area contributed by atoms with Crippen molar-refractivity contribution in [3.63, 3.8) is 0 Å². The smallest absolute Gasteiger partial charge is 0.123 e. The Morgan fingerprint density at radius 1 is 1.42 bits per heavy atom. The van der Waals surface area contributed by atoms with Crippen molar-refractivity contribution in [2.75, 3.05) is 13.2 Å². The molecule has 0 radical (unpaired) electrons. The van der Waals surface area contributed by atoms with Crippen LogP contribution in [0.25, 0.3) is 10.6 Å². The number of hydrogen-bond acceptors (Lipinski definition) is 4. The van der Waals surface area contributed by atoms with Gasteiger partial charge in [-0.2, -0.15) is 0 Å². The SMILES string of the molecule is Cc1csc(-c2ccc(OC/C(=C/F)CN)cc2)n1. The Morgan fingerprint density at radius 3 is 2.68 bits per heavy atom. The first kappa shape index (κ1) is 13.7. The van der Waals surface area contributed by atoms with E-state index in [4.69, 9.17) is 10.5 Å². The molecule has 1 heterocycles. The molecule has 0 bridgehead atoms. The van der Waals surface area contributed by atoms with Gasteiger partial charge in [0.05, 0.1) is 6.33 Å². The van der Waals surface area contributed by atoms with Crippen LogP contribution in [0.4, 0.5) is 4.39 Å². The van der Waals surface area contributed by atoms with Crippen molar-refractivity contribution in [3.05, 3.63) is 47.2 Å². The first-order valence-corrected chi connectivity index (χ1v) is 6.74. The highest BCUT2D eigenvalue weighted by atomic mass is 32.1. The molecule has 0 unspecified atom stereocenters. The molecular weight excluding hydrogens is 263 g/mol. The van der Waals surface area contributed by atoms with Gasteiger partial charge in [-0.3, -0.25) is 0 Å². The van der Waals surface area contributed by atoms with E-state index in [2.05, 4.69) is 4.98 Å². The third-order valence-electron chi connectivity index (χ3n) is 2.56. The fourth-order valence-corrected chi connectivity index (χ4v) is 2.30. The van der Waals surface area contributed by atoms with E-state index in [0.717, 1.165) is 16.3 Å². The van der Waals surface area contributed by atoms with Crippen molar-refractivity contribution in [2.45, 2.75) is 6.92 Å². The molecule has 0 amide bonds. The van der Waals surface area contributed by atoms with Crippen molar-refractivity contribution in [2.24, 2.45) is 5.73 Å². The molecule has 19 heavy (non-hydrogen) atoms. The summed E-state index contributed by atoms with van der Waals surface area (Å²) in [6.45, 7) is 2.30. The number of aryl methyl sites for hydroxylation is 1. The summed E-state index contributed by atoms with van der Waals surface area (Å²) in [4.78, 5) is 4.41. The highest BCUT2D eigenvalue weighted by Gasteiger charge is 2.03. The number of ether oxygens (including phenoxy) is 1. The number of halogens is 1. The summed E-state index contributed by atoms with van der Waals surface area (Å²) in [6, 6.07) is 7.57. The molecule has 0 spiro atoms. The molecule has 5 heteroatoms. The summed E-state index contributed by atoms with van der Waals surface area (Å²) >= 11 is 1.61. The van der Waals surface area contributed by atoms with E-state index in [-0.39, 0.29) is 13.2 Å². The molecule has 0 aliphatic rings. The number of nitrogens with two attached hydrogens (primary N) is 1. The van der Waals surface area contributed by atoms with Crippen LogP contribution in [0.15, 0.2) is 41.5 Å². The topological polar surface area (TPSA) is 48.1 Å². The molecule has 1 aromatic carbocycles. The Labute approximate surface area is 115 Å². The van der Waals surface area contributed by atoms with Crippen molar-refractivity contribution in [3.8, 4) is 16.3 Å². The Kier molecular flexibility index (Phi) is 4.65. The maximum Gasteiger partial charge on any atom is 0.123 e. The van der Waals surface area contributed by atoms with Gasteiger partial charge in [0.2, 0.25) is 0 Å². The van der Waals surface area contributed by atoms with Gasteiger partial charge in [0.25, 0.3) is 0 Å². The van der Waals surface area contributed by atoms with E-state index in [1.807, 2.05) is 36.6 Å². The minimum Gasteiger partial charge on any atom is -0.489 e. The molecule has 0 atom stereocenters. The normalized spacial score (nSPS) is 11.6. The van der Waals surface area contributed by atoms with E-state index < -0.39 is 0 Å². The molecule has 3 nitrogen and oxygen atoms in total. The molecule has 2 aromatic rings.